The Morgan fingerprint density at radius 1 is 1.26 bits per heavy atom. The lowest BCUT2D eigenvalue weighted by Gasteiger charge is -2.24. The van der Waals surface area contributed by atoms with Crippen LogP contribution in [0.5, 0.6) is 11.5 Å². The summed E-state index contributed by atoms with van der Waals surface area (Å²) in [5.41, 5.74) is 0.901. The Labute approximate surface area is 182 Å². The van der Waals surface area contributed by atoms with Crippen molar-refractivity contribution in [3.8, 4) is 11.5 Å². The molecule has 0 aliphatic carbocycles. The number of hydrogen-bond donors (Lipinski definition) is 1. The molecule has 2 heterocycles. The number of benzene rings is 1. The Morgan fingerprint density at radius 3 is 2.74 bits per heavy atom. The Hall–Kier alpha value is -3.41. The largest absolute Gasteiger partial charge is 0.497 e. The predicted octanol–water partition coefficient (Wildman–Crippen LogP) is 2.03. The van der Waals surface area contributed by atoms with E-state index in [0.717, 1.165) is 16.7 Å². The topological polar surface area (TPSA) is 136 Å². The van der Waals surface area contributed by atoms with Crippen LogP contribution in [0.1, 0.15) is 12.8 Å². The number of carbonyl (C=O) groups excluding carboxylic acids is 3. The van der Waals surface area contributed by atoms with Gasteiger partial charge in [0.2, 0.25) is 17.7 Å². The van der Waals surface area contributed by atoms with Crippen LogP contribution in [-0.4, -0.2) is 65.7 Å². The highest BCUT2D eigenvalue weighted by atomic mass is 32.2. The van der Waals surface area contributed by atoms with Gasteiger partial charge in [-0.25, -0.2) is 9.79 Å². The number of ether oxygens (including phenoxy) is 2. The SMILES string of the molecule is COc1ccc(NC(=O)CSc2nnc(CC3C(=O)N(C)C(=O)N=C3C)o2)c(OC)c1. The zero-order chi connectivity index (χ0) is 22.5. The average Bonchev–Trinajstić information content (AvgIpc) is 3.21. The van der Waals surface area contributed by atoms with Crippen LogP contribution in [0.3, 0.4) is 0 Å². The molecular formula is C19H21N5O6S. The standard InChI is InChI=1S/C19H21N5O6S/c1-10-12(17(26)24(2)18(27)20-10)8-16-22-23-19(30-16)31-9-15(25)21-13-6-5-11(28-3)7-14(13)29-4/h5-7,12H,8-9H2,1-4H3,(H,21,25). The first-order chi connectivity index (χ1) is 14.8. The second-order valence-corrected chi connectivity index (χ2v) is 7.48. The van der Waals surface area contributed by atoms with Crippen LogP contribution in [0, 0.1) is 5.92 Å². The molecule has 1 aromatic heterocycles. The van der Waals surface area contributed by atoms with Crippen molar-refractivity contribution < 1.29 is 28.3 Å². The lowest BCUT2D eigenvalue weighted by atomic mass is 9.97. The number of amides is 4. The van der Waals surface area contributed by atoms with Gasteiger partial charge >= 0.3 is 6.03 Å². The van der Waals surface area contributed by atoms with Crippen molar-refractivity contribution in [3.05, 3.63) is 24.1 Å². The molecule has 0 radical (unpaired) electrons. The third-order valence-corrected chi connectivity index (χ3v) is 5.35. The van der Waals surface area contributed by atoms with E-state index in [-0.39, 0.29) is 35.1 Å². The van der Waals surface area contributed by atoms with E-state index in [1.165, 1.54) is 14.2 Å². The van der Waals surface area contributed by atoms with E-state index >= 15 is 0 Å². The maximum absolute atomic E-state index is 12.3. The molecule has 4 amide bonds. The molecule has 12 heteroatoms. The molecule has 1 unspecified atom stereocenters. The van der Waals surface area contributed by atoms with Crippen molar-refractivity contribution in [2.24, 2.45) is 10.9 Å². The third-order valence-electron chi connectivity index (χ3n) is 4.53. The molecule has 164 valence electrons. The van der Waals surface area contributed by atoms with Crippen molar-refractivity contribution in [1.82, 2.24) is 15.1 Å². The molecule has 1 aliphatic rings. The third kappa shape index (κ3) is 5.20. The average molecular weight is 447 g/mol. The van der Waals surface area contributed by atoms with Gasteiger partial charge in [-0.2, -0.15) is 0 Å². The van der Waals surface area contributed by atoms with E-state index in [1.807, 2.05) is 0 Å². The van der Waals surface area contributed by atoms with E-state index in [4.69, 9.17) is 13.9 Å². The second-order valence-electron chi connectivity index (χ2n) is 6.55. The molecule has 1 N–H and O–H groups in total. The second kappa shape index (κ2) is 9.60. The maximum atomic E-state index is 12.3. The minimum atomic E-state index is -0.646. The van der Waals surface area contributed by atoms with Gasteiger partial charge in [0.25, 0.3) is 5.22 Å². The minimum absolute atomic E-state index is 0.0247. The Kier molecular flexibility index (Phi) is 6.90. The number of imide groups is 1. The number of hydrogen-bond acceptors (Lipinski definition) is 9. The van der Waals surface area contributed by atoms with E-state index < -0.39 is 11.9 Å². The highest BCUT2D eigenvalue weighted by Crippen LogP contribution is 2.29. The van der Waals surface area contributed by atoms with Crippen LogP contribution in [0.4, 0.5) is 10.5 Å². The molecule has 1 atom stereocenters. The number of methoxy groups -OCH3 is 2. The fraction of sp³-hybridized carbons (Fsp3) is 0.368. The molecule has 1 aliphatic heterocycles. The number of thioether (sulfide) groups is 1. The zero-order valence-electron chi connectivity index (χ0n) is 17.4. The van der Waals surface area contributed by atoms with Crippen molar-refractivity contribution in [2.45, 2.75) is 18.6 Å². The summed E-state index contributed by atoms with van der Waals surface area (Å²) in [5, 5.41) is 10.7. The highest BCUT2D eigenvalue weighted by Gasteiger charge is 2.34. The van der Waals surface area contributed by atoms with Gasteiger partial charge in [0.15, 0.2) is 0 Å². The van der Waals surface area contributed by atoms with Gasteiger partial charge in [-0.3, -0.25) is 14.5 Å². The van der Waals surface area contributed by atoms with Crippen LogP contribution < -0.4 is 14.8 Å². The number of nitrogens with one attached hydrogen (secondary N) is 1. The molecule has 0 fully saturated rings. The van der Waals surface area contributed by atoms with Crippen LogP contribution in [-0.2, 0) is 16.0 Å². The number of aliphatic imine (C=N–C) groups is 1. The zero-order valence-corrected chi connectivity index (χ0v) is 18.2. The lowest BCUT2D eigenvalue weighted by molar-refractivity contribution is -0.129. The summed E-state index contributed by atoms with van der Waals surface area (Å²) in [6.07, 6.45) is 0.120. The fourth-order valence-corrected chi connectivity index (χ4v) is 3.39. The number of nitrogens with zero attached hydrogens (tertiary/aromatic N) is 4. The smallest absolute Gasteiger partial charge is 0.349 e. The first kappa shape index (κ1) is 22.3. The summed E-state index contributed by atoms with van der Waals surface area (Å²) >= 11 is 1.06. The Morgan fingerprint density at radius 2 is 2.03 bits per heavy atom. The molecule has 0 bridgehead atoms. The van der Waals surface area contributed by atoms with Gasteiger partial charge < -0.3 is 19.2 Å². The van der Waals surface area contributed by atoms with Crippen LogP contribution >= 0.6 is 11.8 Å². The lowest BCUT2D eigenvalue weighted by Crippen LogP contribution is -2.44. The fourth-order valence-electron chi connectivity index (χ4n) is 2.81. The number of urea groups is 1. The highest BCUT2D eigenvalue weighted by molar-refractivity contribution is 7.99. The molecule has 0 saturated heterocycles. The first-order valence-corrected chi connectivity index (χ1v) is 10.1. The normalized spacial score (nSPS) is 16.2. The molecule has 3 rings (SSSR count). The molecule has 1 aromatic carbocycles. The van der Waals surface area contributed by atoms with Gasteiger partial charge in [0.1, 0.15) is 11.5 Å². The van der Waals surface area contributed by atoms with E-state index in [2.05, 4.69) is 20.5 Å². The molecule has 11 nitrogen and oxygen atoms in total. The predicted molar refractivity (Wildman–Crippen MR) is 112 cm³/mol. The monoisotopic (exact) mass is 447 g/mol. The number of carbonyl (C=O) groups is 3. The van der Waals surface area contributed by atoms with E-state index in [9.17, 15) is 14.4 Å². The molecular weight excluding hydrogens is 426 g/mol. The van der Waals surface area contributed by atoms with Crippen LogP contribution in [0.25, 0.3) is 0 Å². The summed E-state index contributed by atoms with van der Waals surface area (Å²) in [6, 6.07) is 4.45. The summed E-state index contributed by atoms with van der Waals surface area (Å²) in [4.78, 5) is 41.0. The van der Waals surface area contributed by atoms with Crippen molar-refractivity contribution >= 4 is 41.0 Å². The Balaban J connectivity index is 1.57. The van der Waals surface area contributed by atoms with Crippen molar-refractivity contribution in [1.29, 1.82) is 0 Å². The summed E-state index contributed by atoms with van der Waals surface area (Å²) in [7, 11) is 4.41. The summed E-state index contributed by atoms with van der Waals surface area (Å²) in [6.45, 7) is 1.61. The molecule has 0 spiro atoms. The van der Waals surface area contributed by atoms with Gasteiger partial charge in [0, 0.05) is 25.2 Å². The maximum Gasteiger partial charge on any atom is 0.349 e. The minimum Gasteiger partial charge on any atom is -0.497 e. The number of rotatable bonds is 8. The van der Waals surface area contributed by atoms with Gasteiger partial charge in [-0.15, -0.1) is 10.2 Å². The van der Waals surface area contributed by atoms with Crippen LogP contribution in [0.2, 0.25) is 0 Å². The van der Waals surface area contributed by atoms with Gasteiger partial charge in [0.05, 0.1) is 31.6 Å². The van der Waals surface area contributed by atoms with Crippen molar-refractivity contribution in [3.63, 3.8) is 0 Å². The quantitative estimate of drug-likeness (QED) is 0.603. The van der Waals surface area contributed by atoms with E-state index in [1.54, 1.807) is 32.2 Å². The Bertz CT molecular complexity index is 1040. The summed E-state index contributed by atoms with van der Waals surface area (Å²) in [5.74, 6) is 0.000665. The van der Waals surface area contributed by atoms with Gasteiger partial charge in [-0.05, 0) is 19.1 Å². The van der Waals surface area contributed by atoms with Gasteiger partial charge in [-0.1, -0.05) is 11.8 Å². The van der Waals surface area contributed by atoms with E-state index in [0.29, 0.717) is 22.9 Å². The van der Waals surface area contributed by atoms with Crippen LogP contribution in [0.15, 0.2) is 32.8 Å². The first-order valence-electron chi connectivity index (χ1n) is 9.16. The number of anilines is 1. The van der Waals surface area contributed by atoms with Crippen molar-refractivity contribution in [2.75, 3.05) is 32.3 Å². The summed E-state index contributed by atoms with van der Waals surface area (Å²) < 4.78 is 15.9. The number of aromatic nitrogens is 2. The molecule has 2 aromatic rings. The molecule has 31 heavy (non-hydrogen) atoms. The molecule has 0 saturated carbocycles.